The van der Waals surface area contributed by atoms with Crippen LogP contribution >= 0.6 is 11.3 Å². The van der Waals surface area contributed by atoms with Gasteiger partial charge in [0.15, 0.2) is 0 Å². The standard InChI is InChI=1S/C18H23NOS/c1-11-9-13(3)16(10-12(11)2)17-14(4)21-18(19-17)15-5-7-20-8-6-15/h9-10,15H,5-8H2,1-4H3. The van der Waals surface area contributed by atoms with Gasteiger partial charge in [0.2, 0.25) is 0 Å². The van der Waals surface area contributed by atoms with Crippen LogP contribution in [0.25, 0.3) is 11.3 Å². The summed E-state index contributed by atoms with van der Waals surface area (Å²) < 4.78 is 5.47. The summed E-state index contributed by atoms with van der Waals surface area (Å²) in [6.07, 6.45) is 2.22. The summed E-state index contributed by atoms with van der Waals surface area (Å²) in [5.74, 6) is 0.586. The molecule has 0 spiro atoms. The highest BCUT2D eigenvalue weighted by Crippen LogP contribution is 2.36. The molecule has 0 radical (unpaired) electrons. The lowest BCUT2D eigenvalue weighted by atomic mass is 9.98. The van der Waals surface area contributed by atoms with Crippen molar-refractivity contribution in [2.24, 2.45) is 0 Å². The van der Waals surface area contributed by atoms with Gasteiger partial charge in [0, 0.05) is 29.6 Å². The Hall–Kier alpha value is -1.19. The van der Waals surface area contributed by atoms with E-state index in [1.165, 1.54) is 37.8 Å². The van der Waals surface area contributed by atoms with Crippen LogP contribution in [0.4, 0.5) is 0 Å². The highest BCUT2D eigenvalue weighted by Gasteiger charge is 2.21. The van der Waals surface area contributed by atoms with Gasteiger partial charge in [0.05, 0.1) is 10.7 Å². The van der Waals surface area contributed by atoms with Gasteiger partial charge in [0.25, 0.3) is 0 Å². The monoisotopic (exact) mass is 301 g/mol. The van der Waals surface area contributed by atoms with Crippen molar-refractivity contribution in [3.63, 3.8) is 0 Å². The molecule has 1 aromatic carbocycles. The quantitative estimate of drug-likeness (QED) is 0.784. The number of benzene rings is 1. The van der Waals surface area contributed by atoms with Crippen molar-refractivity contribution in [1.29, 1.82) is 0 Å². The third kappa shape index (κ3) is 2.90. The van der Waals surface area contributed by atoms with Crippen LogP contribution in [0, 0.1) is 27.7 Å². The third-order valence-electron chi connectivity index (χ3n) is 4.48. The van der Waals surface area contributed by atoms with Crippen LogP contribution in [0.2, 0.25) is 0 Å². The van der Waals surface area contributed by atoms with E-state index in [1.54, 1.807) is 0 Å². The zero-order chi connectivity index (χ0) is 15.0. The molecule has 0 amide bonds. The number of aromatic nitrogens is 1. The molecule has 0 bridgehead atoms. The van der Waals surface area contributed by atoms with E-state index in [0.29, 0.717) is 5.92 Å². The van der Waals surface area contributed by atoms with Gasteiger partial charge in [-0.05, 0) is 63.3 Å². The molecule has 1 aliphatic heterocycles. The fourth-order valence-electron chi connectivity index (χ4n) is 3.00. The molecule has 1 fully saturated rings. The van der Waals surface area contributed by atoms with Gasteiger partial charge in [-0.3, -0.25) is 0 Å². The number of hydrogen-bond acceptors (Lipinski definition) is 3. The Morgan fingerprint density at radius 1 is 1.00 bits per heavy atom. The van der Waals surface area contributed by atoms with Crippen LogP contribution in [-0.2, 0) is 4.74 Å². The Kier molecular flexibility index (Phi) is 4.14. The molecule has 3 rings (SSSR count). The topological polar surface area (TPSA) is 22.1 Å². The van der Waals surface area contributed by atoms with Gasteiger partial charge in [-0.2, -0.15) is 0 Å². The van der Waals surface area contributed by atoms with Crippen molar-refractivity contribution >= 4 is 11.3 Å². The van der Waals surface area contributed by atoms with E-state index >= 15 is 0 Å². The Morgan fingerprint density at radius 3 is 2.38 bits per heavy atom. The molecule has 21 heavy (non-hydrogen) atoms. The van der Waals surface area contributed by atoms with Crippen LogP contribution in [0.5, 0.6) is 0 Å². The molecule has 0 atom stereocenters. The van der Waals surface area contributed by atoms with Crippen molar-refractivity contribution in [3.8, 4) is 11.3 Å². The van der Waals surface area contributed by atoms with E-state index in [2.05, 4.69) is 39.8 Å². The molecular formula is C18H23NOS. The van der Waals surface area contributed by atoms with Crippen LogP contribution in [0.1, 0.15) is 45.3 Å². The highest BCUT2D eigenvalue weighted by atomic mass is 32.1. The molecule has 0 N–H and O–H groups in total. The zero-order valence-electron chi connectivity index (χ0n) is 13.3. The van der Waals surface area contributed by atoms with Gasteiger partial charge in [-0.1, -0.05) is 6.07 Å². The second kappa shape index (κ2) is 5.90. The molecule has 2 aromatic rings. The summed E-state index contributed by atoms with van der Waals surface area (Å²) in [5, 5.41) is 1.29. The van der Waals surface area contributed by atoms with E-state index in [0.717, 1.165) is 26.1 Å². The second-order valence-electron chi connectivity index (χ2n) is 6.09. The normalized spacial score (nSPS) is 16.4. The lowest BCUT2D eigenvalue weighted by Crippen LogP contribution is -2.13. The number of aryl methyl sites for hydroxylation is 4. The minimum Gasteiger partial charge on any atom is -0.381 e. The molecule has 1 saturated heterocycles. The minimum atomic E-state index is 0.586. The Balaban J connectivity index is 1.99. The molecule has 0 aliphatic carbocycles. The van der Waals surface area contributed by atoms with Gasteiger partial charge in [-0.15, -0.1) is 11.3 Å². The van der Waals surface area contributed by atoms with Crippen LogP contribution < -0.4 is 0 Å². The number of thiazole rings is 1. The second-order valence-corrected chi connectivity index (χ2v) is 7.33. The summed E-state index contributed by atoms with van der Waals surface area (Å²) >= 11 is 1.87. The maximum atomic E-state index is 5.47. The molecule has 112 valence electrons. The summed E-state index contributed by atoms with van der Waals surface area (Å²) in [6, 6.07) is 4.57. The van der Waals surface area contributed by atoms with Gasteiger partial charge >= 0.3 is 0 Å². The maximum absolute atomic E-state index is 5.47. The average Bonchev–Trinajstić information content (AvgIpc) is 2.86. The molecular weight excluding hydrogens is 278 g/mol. The van der Waals surface area contributed by atoms with Gasteiger partial charge < -0.3 is 4.74 Å². The van der Waals surface area contributed by atoms with Crippen LogP contribution in [0.3, 0.4) is 0 Å². The first-order valence-electron chi connectivity index (χ1n) is 7.69. The average molecular weight is 301 g/mol. The fourth-order valence-corrected chi connectivity index (χ4v) is 4.11. The SMILES string of the molecule is Cc1cc(C)c(-c2nc(C3CCOCC3)sc2C)cc1C. The van der Waals surface area contributed by atoms with Gasteiger partial charge in [-0.25, -0.2) is 4.98 Å². The number of hydrogen-bond donors (Lipinski definition) is 0. The Bertz CT molecular complexity index is 653. The third-order valence-corrected chi connectivity index (χ3v) is 5.61. The summed E-state index contributed by atoms with van der Waals surface area (Å²) in [4.78, 5) is 6.33. The number of ether oxygens (including phenoxy) is 1. The zero-order valence-corrected chi connectivity index (χ0v) is 14.1. The van der Waals surface area contributed by atoms with Crippen molar-refractivity contribution in [2.75, 3.05) is 13.2 Å². The fraction of sp³-hybridized carbons (Fsp3) is 0.500. The molecule has 1 aromatic heterocycles. The lowest BCUT2D eigenvalue weighted by Gasteiger charge is -2.19. The first kappa shape index (κ1) is 14.7. The highest BCUT2D eigenvalue weighted by molar-refractivity contribution is 7.12. The molecule has 0 unspecified atom stereocenters. The van der Waals surface area contributed by atoms with E-state index in [-0.39, 0.29) is 0 Å². The molecule has 2 heterocycles. The summed E-state index contributed by atoms with van der Waals surface area (Å²) in [6.45, 7) is 10.5. The molecule has 2 nitrogen and oxygen atoms in total. The van der Waals surface area contributed by atoms with Crippen molar-refractivity contribution in [2.45, 2.75) is 46.5 Å². The lowest BCUT2D eigenvalue weighted by molar-refractivity contribution is 0.0853. The predicted molar refractivity (Wildman–Crippen MR) is 89.3 cm³/mol. The Morgan fingerprint density at radius 2 is 1.67 bits per heavy atom. The largest absolute Gasteiger partial charge is 0.381 e. The van der Waals surface area contributed by atoms with E-state index in [1.807, 2.05) is 11.3 Å². The van der Waals surface area contributed by atoms with Crippen LogP contribution in [0.15, 0.2) is 12.1 Å². The van der Waals surface area contributed by atoms with E-state index < -0.39 is 0 Å². The van der Waals surface area contributed by atoms with Crippen molar-refractivity contribution < 1.29 is 4.74 Å². The van der Waals surface area contributed by atoms with Gasteiger partial charge in [0.1, 0.15) is 0 Å². The molecule has 0 saturated carbocycles. The Labute approximate surface area is 131 Å². The van der Waals surface area contributed by atoms with Crippen molar-refractivity contribution in [1.82, 2.24) is 4.98 Å². The van der Waals surface area contributed by atoms with E-state index in [4.69, 9.17) is 9.72 Å². The molecule has 1 aliphatic rings. The van der Waals surface area contributed by atoms with Crippen LogP contribution in [-0.4, -0.2) is 18.2 Å². The first-order chi connectivity index (χ1) is 10.1. The summed E-state index contributed by atoms with van der Waals surface area (Å²) in [7, 11) is 0. The first-order valence-corrected chi connectivity index (χ1v) is 8.51. The van der Waals surface area contributed by atoms with E-state index in [9.17, 15) is 0 Å². The number of rotatable bonds is 2. The minimum absolute atomic E-state index is 0.586. The molecule has 3 heteroatoms. The summed E-state index contributed by atoms with van der Waals surface area (Å²) in [5.41, 5.74) is 6.50. The van der Waals surface area contributed by atoms with Crippen molar-refractivity contribution in [3.05, 3.63) is 38.7 Å². The smallest absolute Gasteiger partial charge is 0.0968 e. The predicted octanol–water partition coefficient (Wildman–Crippen LogP) is 4.94. The number of nitrogens with zero attached hydrogens (tertiary/aromatic N) is 1. The maximum Gasteiger partial charge on any atom is 0.0968 e.